The van der Waals surface area contributed by atoms with Gasteiger partial charge in [0.1, 0.15) is 4.99 Å². The van der Waals surface area contributed by atoms with E-state index >= 15 is 0 Å². The molecule has 0 spiro atoms. The van der Waals surface area contributed by atoms with Gasteiger partial charge in [0.05, 0.1) is 5.69 Å². The number of carbonyl (C=O) groups excluding carboxylic acids is 1. The molecule has 0 radical (unpaired) electrons. The molecule has 6 heteroatoms. The molecule has 4 N–H and O–H groups in total. The van der Waals surface area contributed by atoms with Crippen molar-refractivity contribution < 1.29 is 4.79 Å². The highest BCUT2D eigenvalue weighted by atomic mass is 35.5. The van der Waals surface area contributed by atoms with E-state index in [0.29, 0.717) is 22.8 Å². The predicted molar refractivity (Wildman–Crippen MR) is 89.6 cm³/mol. The topological polar surface area (TPSA) is 67.1 Å². The number of amides is 2. The molecule has 2 aromatic carbocycles. The minimum atomic E-state index is -0.335. The molecule has 108 valence electrons. The highest BCUT2D eigenvalue weighted by Crippen LogP contribution is 2.20. The number of thiocarbonyl (C=S) groups is 1. The highest BCUT2D eigenvalue weighted by Gasteiger charge is 2.09. The van der Waals surface area contributed by atoms with Crippen molar-refractivity contribution in [2.45, 2.75) is 6.54 Å². The Morgan fingerprint density at radius 1 is 1.19 bits per heavy atom. The lowest BCUT2D eigenvalue weighted by Crippen LogP contribution is -2.29. The monoisotopic (exact) mass is 319 g/mol. The van der Waals surface area contributed by atoms with Gasteiger partial charge >= 0.3 is 6.03 Å². The van der Waals surface area contributed by atoms with E-state index in [-0.39, 0.29) is 11.0 Å². The Balaban J connectivity index is 2.01. The molecule has 0 aliphatic rings. The van der Waals surface area contributed by atoms with E-state index < -0.39 is 0 Å². The van der Waals surface area contributed by atoms with Crippen LogP contribution in [-0.2, 0) is 6.54 Å². The fraction of sp³-hybridized carbons (Fsp3) is 0.0667. The van der Waals surface area contributed by atoms with Crippen molar-refractivity contribution in [3.8, 4) is 0 Å². The van der Waals surface area contributed by atoms with Crippen molar-refractivity contribution in [3.63, 3.8) is 0 Å². The summed E-state index contributed by atoms with van der Waals surface area (Å²) in [5.41, 5.74) is 7.70. The number of urea groups is 1. The third-order valence-corrected chi connectivity index (χ3v) is 3.25. The van der Waals surface area contributed by atoms with Gasteiger partial charge in [-0.05, 0) is 23.8 Å². The van der Waals surface area contributed by atoms with E-state index in [1.807, 2.05) is 30.3 Å². The smallest absolute Gasteiger partial charge is 0.319 e. The third-order valence-electron chi connectivity index (χ3n) is 2.79. The molecule has 0 saturated heterocycles. The number of carbonyl (C=O) groups is 1. The summed E-state index contributed by atoms with van der Waals surface area (Å²) in [6.07, 6.45) is 0. The first-order chi connectivity index (χ1) is 10.1. The second-order valence-electron chi connectivity index (χ2n) is 4.35. The first-order valence-electron chi connectivity index (χ1n) is 6.24. The minimum absolute atomic E-state index is 0.177. The summed E-state index contributed by atoms with van der Waals surface area (Å²) in [5, 5.41) is 5.98. The Morgan fingerprint density at radius 3 is 2.57 bits per heavy atom. The van der Waals surface area contributed by atoms with Gasteiger partial charge in [-0.3, -0.25) is 0 Å². The molecular formula is C15H14ClN3OS. The lowest BCUT2D eigenvalue weighted by atomic mass is 10.2. The van der Waals surface area contributed by atoms with E-state index in [9.17, 15) is 4.79 Å². The molecule has 0 heterocycles. The van der Waals surface area contributed by atoms with Crippen molar-refractivity contribution in [1.82, 2.24) is 5.32 Å². The molecule has 0 atom stereocenters. The molecule has 0 fully saturated rings. The van der Waals surface area contributed by atoms with Crippen molar-refractivity contribution in [3.05, 3.63) is 64.7 Å². The first kappa shape index (κ1) is 15.3. The standard InChI is InChI=1S/C15H14ClN3OS/c16-11-6-7-13(12(8-11)14(17)21)19-15(20)18-9-10-4-2-1-3-5-10/h1-8H,9H2,(H2,17,21)(H2,18,19,20). The van der Waals surface area contributed by atoms with Gasteiger partial charge in [-0.15, -0.1) is 0 Å². The summed E-state index contributed by atoms with van der Waals surface area (Å²) in [6.45, 7) is 0.433. The third kappa shape index (κ3) is 4.44. The number of hydrogen-bond donors (Lipinski definition) is 3. The van der Waals surface area contributed by atoms with Gasteiger partial charge in [-0.2, -0.15) is 0 Å². The fourth-order valence-electron chi connectivity index (χ4n) is 1.77. The molecule has 0 bridgehead atoms. The molecule has 2 rings (SSSR count). The average molecular weight is 320 g/mol. The minimum Gasteiger partial charge on any atom is -0.389 e. The average Bonchev–Trinajstić information content (AvgIpc) is 2.48. The summed E-state index contributed by atoms with van der Waals surface area (Å²) < 4.78 is 0. The van der Waals surface area contributed by atoms with Gasteiger partial charge in [-0.1, -0.05) is 54.2 Å². The van der Waals surface area contributed by atoms with Gasteiger partial charge in [0, 0.05) is 17.1 Å². The zero-order chi connectivity index (χ0) is 15.2. The molecule has 0 unspecified atom stereocenters. The molecule has 4 nitrogen and oxygen atoms in total. The van der Waals surface area contributed by atoms with E-state index in [2.05, 4.69) is 10.6 Å². The second kappa shape index (κ2) is 7.06. The Hall–Kier alpha value is -2.11. The summed E-state index contributed by atoms with van der Waals surface area (Å²) in [7, 11) is 0. The van der Waals surface area contributed by atoms with Crippen LogP contribution >= 0.6 is 23.8 Å². The van der Waals surface area contributed by atoms with Crippen molar-refractivity contribution in [2.75, 3.05) is 5.32 Å². The molecule has 0 aliphatic carbocycles. The Labute approximate surface area is 133 Å². The van der Waals surface area contributed by atoms with Gasteiger partial charge in [-0.25, -0.2) is 4.79 Å². The number of rotatable bonds is 4. The number of benzene rings is 2. The number of hydrogen-bond acceptors (Lipinski definition) is 2. The van der Waals surface area contributed by atoms with Crippen LogP contribution in [0.3, 0.4) is 0 Å². The van der Waals surface area contributed by atoms with Gasteiger partial charge in [0.15, 0.2) is 0 Å². The number of anilines is 1. The van der Waals surface area contributed by atoms with Crippen LogP contribution in [0.1, 0.15) is 11.1 Å². The largest absolute Gasteiger partial charge is 0.389 e. The van der Waals surface area contributed by atoms with Crippen LogP contribution in [0, 0.1) is 0 Å². The maximum atomic E-state index is 11.9. The quantitative estimate of drug-likeness (QED) is 0.757. The van der Waals surface area contributed by atoms with E-state index in [1.54, 1.807) is 18.2 Å². The maximum Gasteiger partial charge on any atom is 0.319 e. The molecule has 2 aromatic rings. The molecule has 0 aromatic heterocycles. The van der Waals surface area contributed by atoms with Crippen LogP contribution in [-0.4, -0.2) is 11.0 Å². The lowest BCUT2D eigenvalue weighted by Gasteiger charge is -2.11. The van der Waals surface area contributed by atoms with Crippen LogP contribution in [0.4, 0.5) is 10.5 Å². The second-order valence-corrected chi connectivity index (χ2v) is 5.22. The van der Waals surface area contributed by atoms with Crippen LogP contribution in [0.15, 0.2) is 48.5 Å². The van der Waals surface area contributed by atoms with Gasteiger partial charge in [0.2, 0.25) is 0 Å². The summed E-state index contributed by atoms with van der Waals surface area (Å²) in [4.78, 5) is 12.1. The predicted octanol–water partition coefficient (Wildman–Crippen LogP) is 3.30. The van der Waals surface area contributed by atoms with Crippen LogP contribution < -0.4 is 16.4 Å². The molecular weight excluding hydrogens is 306 g/mol. The normalized spacial score (nSPS) is 9.95. The summed E-state index contributed by atoms with van der Waals surface area (Å²) in [5.74, 6) is 0. The van der Waals surface area contributed by atoms with E-state index in [0.717, 1.165) is 5.56 Å². The molecule has 0 saturated carbocycles. The Bertz CT molecular complexity index is 661. The number of nitrogens with two attached hydrogens (primary N) is 1. The van der Waals surface area contributed by atoms with E-state index in [1.165, 1.54) is 0 Å². The zero-order valence-electron chi connectivity index (χ0n) is 11.1. The van der Waals surface area contributed by atoms with Gasteiger partial charge in [0.25, 0.3) is 0 Å². The van der Waals surface area contributed by atoms with Gasteiger partial charge < -0.3 is 16.4 Å². The first-order valence-corrected chi connectivity index (χ1v) is 7.03. The van der Waals surface area contributed by atoms with Crippen molar-refractivity contribution in [2.24, 2.45) is 5.73 Å². The fourth-order valence-corrected chi connectivity index (χ4v) is 2.12. The van der Waals surface area contributed by atoms with Crippen molar-refractivity contribution >= 4 is 40.5 Å². The number of nitrogens with one attached hydrogen (secondary N) is 2. The van der Waals surface area contributed by atoms with Crippen LogP contribution in [0.25, 0.3) is 0 Å². The zero-order valence-corrected chi connectivity index (χ0v) is 12.7. The Morgan fingerprint density at radius 2 is 1.90 bits per heavy atom. The Kier molecular flexibility index (Phi) is 5.14. The molecule has 2 amide bonds. The van der Waals surface area contributed by atoms with E-state index in [4.69, 9.17) is 29.6 Å². The lowest BCUT2D eigenvalue weighted by molar-refractivity contribution is 0.251. The maximum absolute atomic E-state index is 11.9. The summed E-state index contributed by atoms with van der Waals surface area (Å²) in [6, 6.07) is 14.2. The van der Waals surface area contributed by atoms with Crippen LogP contribution in [0.2, 0.25) is 5.02 Å². The van der Waals surface area contributed by atoms with Crippen molar-refractivity contribution in [1.29, 1.82) is 0 Å². The molecule has 0 aliphatic heterocycles. The SMILES string of the molecule is NC(=S)c1cc(Cl)ccc1NC(=O)NCc1ccccc1. The van der Waals surface area contributed by atoms with Crippen LogP contribution in [0.5, 0.6) is 0 Å². The number of halogens is 1. The molecule has 21 heavy (non-hydrogen) atoms. The summed E-state index contributed by atoms with van der Waals surface area (Å²) >= 11 is 10.8. The highest BCUT2D eigenvalue weighted by molar-refractivity contribution is 7.80.